The van der Waals surface area contributed by atoms with Crippen LogP contribution in [-0.2, 0) is 11.3 Å². The lowest BCUT2D eigenvalue weighted by Gasteiger charge is -2.54. The number of hydrogen-bond donors (Lipinski definition) is 2. The van der Waals surface area contributed by atoms with E-state index < -0.39 is 6.61 Å². The summed E-state index contributed by atoms with van der Waals surface area (Å²) in [5.41, 5.74) is 0.555. The van der Waals surface area contributed by atoms with Gasteiger partial charge in [-0.2, -0.15) is 8.78 Å². The number of aliphatic imine (C=N–C) groups is 1. The number of alkyl halides is 2. The molecule has 0 spiro atoms. The number of nitrogens with one attached hydrogen (secondary N) is 2. The number of rotatable bonds is 8. The molecule has 1 aromatic carbocycles. The molecule has 1 saturated carbocycles. The van der Waals surface area contributed by atoms with Crippen molar-refractivity contribution in [2.45, 2.75) is 59.4 Å². The fourth-order valence-corrected chi connectivity index (χ4v) is 4.43. The SMILES string of the molecule is CCNC(=NCc1cccc(OCC)c1OC(F)F)NC1C2CCOC2C1(C)C. The van der Waals surface area contributed by atoms with Crippen molar-refractivity contribution in [1.29, 1.82) is 0 Å². The second-order valence-electron chi connectivity index (χ2n) is 7.94. The molecule has 29 heavy (non-hydrogen) atoms. The Balaban J connectivity index is 1.77. The third-order valence-corrected chi connectivity index (χ3v) is 5.71. The maximum atomic E-state index is 12.9. The highest BCUT2D eigenvalue weighted by molar-refractivity contribution is 5.80. The molecule has 0 aromatic heterocycles. The lowest BCUT2D eigenvalue weighted by atomic mass is 9.57. The Kier molecular flexibility index (Phi) is 6.82. The Hall–Kier alpha value is -2.09. The van der Waals surface area contributed by atoms with Gasteiger partial charge in [0.25, 0.3) is 0 Å². The maximum absolute atomic E-state index is 12.9. The molecule has 1 heterocycles. The first kappa shape index (κ1) is 21.6. The zero-order chi connectivity index (χ0) is 21.0. The number of hydrogen-bond acceptors (Lipinski definition) is 4. The first-order chi connectivity index (χ1) is 13.9. The monoisotopic (exact) mass is 411 g/mol. The first-order valence-electron chi connectivity index (χ1n) is 10.2. The number of ether oxygens (including phenoxy) is 3. The first-order valence-corrected chi connectivity index (χ1v) is 10.2. The van der Waals surface area contributed by atoms with Crippen molar-refractivity contribution in [1.82, 2.24) is 10.6 Å². The number of halogens is 2. The molecular formula is C21H31F2N3O3. The minimum absolute atomic E-state index is 0.0101. The van der Waals surface area contributed by atoms with Gasteiger partial charge in [-0.05, 0) is 26.3 Å². The molecule has 162 valence electrons. The number of benzene rings is 1. The summed E-state index contributed by atoms with van der Waals surface area (Å²) in [6.07, 6.45) is 1.31. The fourth-order valence-electron chi connectivity index (χ4n) is 4.43. The zero-order valence-electron chi connectivity index (χ0n) is 17.5. The van der Waals surface area contributed by atoms with Gasteiger partial charge in [-0.15, -0.1) is 0 Å². The van der Waals surface area contributed by atoms with Crippen LogP contribution in [0.25, 0.3) is 0 Å². The van der Waals surface area contributed by atoms with Crippen LogP contribution < -0.4 is 20.1 Å². The summed E-state index contributed by atoms with van der Waals surface area (Å²) in [6, 6.07) is 5.35. The van der Waals surface area contributed by atoms with Crippen LogP contribution in [0.5, 0.6) is 11.5 Å². The van der Waals surface area contributed by atoms with Crippen molar-refractivity contribution in [3.8, 4) is 11.5 Å². The molecule has 0 radical (unpaired) electrons. The summed E-state index contributed by atoms with van der Waals surface area (Å²) in [6.45, 7) is 7.29. The minimum atomic E-state index is -2.93. The van der Waals surface area contributed by atoms with Crippen molar-refractivity contribution in [2.75, 3.05) is 19.8 Å². The predicted octanol–water partition coefficient (Wildman–Crippen LogP) is 3.56. The smallest absolute Gasteiger partial charge is 0.387 e. The van der Waals surface area contributed by atoms with Crippen LogP contribution in [0, 0.1) is 11.3 Å². The summed E-state index contributed by atoms with van der Waals surface area (Å²) in [5, 5.41) is 6.77. The molecule has 1 aromatic rings. The molecule has 6 nitrogen and oxygen atoms in total. The molecule has 3 atom stereocenters. The Labute approximate surface area is 171 Å². The molecule has 2 aliphatic rings. The highest BCUT2D eigenvalue weighted by atomic mass is 19.3. The average Bonchev–Trinajstić information content (AvgIpc) is 3.13. The maximum Gasteiger partial charge on any atom is 0.387 e. The highest BCUT2D eigenvalue weighted by Crippen LogP contribution is 2.52. The molecule has 1 aliphatic carbocycles. The Morgan fingerprint density at radius 2 is 2.14 bits per heavy atom. The Morgan fingerprint density at radius 3 is 2.83 bits per heavy atom. The molecule has 0 bridgehead atoms. The summed E-state index contributed by atoms with van der Waals surface area (Å²) in [4.78, 5) is 4.63. The molecule has 3 rings (SSSR count). The van der Waals surface area contributed by atoms with Crippen LogP contribution in [0.4, 0.5) is 8.78 Å². The van der Waals surface area contributed by atoms with Crippen LogP contribution in [0.2, 0.25) is 0 Å². The summed E-state index contributed by atoms with van der Waals surface area (Å²) >= 11 is 0. The second-order valence-corrected chi connectivity index (χ2v) is 7.94. The van der Waals surface area contributed by atoms with Gasteiger partial charge >= 0.3 is 6.61 Å². The van der Waals surface area contributed by atoms with Crippen LogP contribution >= 0.6 is 0 Å². The Bertz CT molecular complexity index is 727. The van der Waals surface area contributed by atoms with Crippen molar-refractivity contribution >= 4 is 5.96 Å². The lowest BCUT2D eigenvalue weighted by molar-refractivity contribution is -0.106. The van der Waals surface area contributed by atoms with Crippen molar-refractivity contribution < 1.29 is 23.0 Å². The second kappa shape index (κ2) is 9.15. The third kappa shape index (κ3) is 4.57. The minimum Gasteiger partial charge on any atom is -0.490 e. The normalized spacial score (nSPS) is 25.3. The van der Waals surface area contributed by atoms with Crippen LogP contribution in [0.1, 0.15) is 39.7 Å². The molecule has 0 amide bonds. The standard InChI is InChI=1S/C21H31F2N3O3/c1-5-24-20(26-17-14-10-11-28-18(14)21(17,3)4)25-12-13-8-7-9-15(27-6-2)16(13)29-19(22)23/h7-9,14,17-19H,5-6,10-12H2,1-4H3,(H2,24,25,26). The van der Waals surface area contributed by atoms with E-state index in [9.17, 15) is 8.78 Å². The number of para-hydroxylation sites is 1. The summed E-state index contributed by atoms with van der Waals surface area (Å²) in [7, 11) is 0. The van der Waals surface area contributed by atoms with E-state index in [0.29, 0.717) is 36.3 Å². The number of fused-ring (bicyclic) bond motifs is 1. The largest absolute Gasteiger partial charge is 0.490 e. The van der Waals surface area contributed by atoms with Gasteiger partial charge < -0.3 is 24.8 Å². The average molecular weight is 411 g/mol. The third-order valence-electron chi connectivity index (χ3n) is 5.71. The lowest BCUT2D eigenvalue weighted by Crippen LogP contribution is -2.67. The van der Waals surface area contributed by atoms with Gasteiger partial charge in [-0.3, -0.25) is 0 Å². The van der Waals surface area contributed by atoms with Gasteiger partial charge in [-0.1, -0.05) is 26.0 Å². The Morgan fingerprint density at radius 1 is 1.34 bits per heavy atom. The van der Waals surface area contributed by atoms with Crippen LogP contribution in [0.3, 0.4) is 0 Å². The van der Waals surface area contributed by atoms with Gasteiger partial charge in [0, 0.05) is 36.1 Å². The van der Waals surface area contributed by atoms with E-state index in [0.717, 1.165) is 13.0 Å². The molecule has 1 aliphatic heterocycles. The predicted molar refractivity (Wildman–Crippen MR) is 108 cm³/mol. The van der Waals surface area contributed by atoms with Gasteiger partial charge in [0.15, 0.2) is 17.5 Å². The van der Waals surface area contributed by atoms with E-state index >= 15 is 0 Å². The summed E-state index contributed by atoms with van der Waals surface area (Å²) < 4.78 is 41.9. The van der Waals surface area contributed by atoms with E-state index in [4.69, 9.17) is 14.2 Å². The van der Waals surface area contributed by atoms with Gasteiger partial charge in [0.1, 0.15) is 0 Å². The summed E-state index contributed by atoms with van der Waals surface area (Å²) in [5.74, 6) is 1.45. The van der Waals surface area contributed by atoms with E-state index in [1.54, 1.807) is 25.1 Å². The molecule has 3 unspecified atom stereocenters. The van der Waals surface area contributed by atoms with E-state index in [2.05, 4.69) is 29.5 Å². The molecule has 8 heteroatoms. The van der Waals surface area contributed by atoms with Gasteiger partial charge in [0.05, 0.1) is 19.3 Å². The molecule has 2 fully saturated rings. The van der Waals surface area contributed by atoms with Crippen molar-refractivity contribution in [2.24, 2.45) is 16.3 Å². The van der Waals surface area contributed by atoms with E-state index in [-0.39, 0.29) is 29.9 Å². The quantitative estimate of drug-likeness (QED) is 0.506. The van der Waals surface area contributed by atoms with Crippen LogP contribution in [-0.4, -0.2) is 44.5 Å². The van der Waals surface area contributed by atoms with Gasteiger partial charge in [0.2, 0.25) is 0 Å². The van der Waals surface area contributed by atoms with Gasteiger partial charge in [-0.25, -0.2) is 4.99 Å². The molecule has 2 N–H and O–H groups in total. The van der Waals surface area contributed by atoms with Crippen molar-refractivity contribution in [3.63, 3.8) is 0 Å². The van der Waals surface area contributed by atoms with E-state index in [1.165, 1.54) is 0 Å². The fraction of sp³-hybridized carbons (Fsp3) is 0.667. The number of guanidine groups is 1. The zero-order valence-corrected chi connectivity index (χ0v) is 17.5. The topological polar surface area (TPSA) is 64.1 Å². The van der Waals surface area contributed by atoms with E-state index in [1.807, 2.05) is 6.92 Å². The highest BCUT2D eigenvalue weighted by Gasteiger charge is 2.59. The van der Waals surface area contributed by atoms with Crippen molar-refractivity contribution in [3.05, 3.63) is 23.8 Å². The molecular weight excluding hydrogens is 380 g/mol. The molecule has 1 saturated heterocycles. The van der Waals surface area contributed by atoms with Crippen LogP contribution in [0.15, 0.2) is 23.2 Å². The number of nitrogens with zero attached hydrogens (tertiary/aromatic N) is 1.